The molecule has 19 nitrogen and oxygen atoms in total. The van der Waals surface area contributed by atoms with E-state index in [9.17, 15) is 48.9 Å². The lowest BCUT2D eigenvalue weighted by molar-refractivity contribution is -0.136. The van der Waals surface area contributed by atoms with Gasteiger partial charge in [-0.2, -0.15) is 25.3 Å². The summed E-state index contributed by atoms with van der Waals surface area (Å²) in [7, 11) is 0. The molecule has 4 aromatic carbocycles. The minimum absolute atomic E-state index is 0.00929. The number of nitrogens with two attached hydrogens (primary N) is 2. The summed E-state index contributed by atoms with van der Waals surface area (Å²) in [5.41, 5.74) is 15.0. The van der Waals surface area contributed by atoms with E-state index in [4.69, 9.17) is 11.5 Å². The number of H-pyrrole nitrogens is 1. The van der Waals surface area contributed by atoms with Crippen LogP contribution in [0.5, 0.6) is 11.5 Å². The van der Waals surface area contributed by atoms with Crippen LogP contribution in [0.3, 0.4) is 0 Å². The van der Waals surface area contributed by atoms with Crippen molar-refractivity contribution in [3.05, 3.63) is 137 Å². The number of thiol groups is 2. The van der Waals surface area contributed by atoms with E-state index >= 15 is 0 Å². The molecule has 0 aliphatic heterocycles. The molecular formula is C53H66N9O10S2. The molecule has 395 valence electrons. The number of aliphatic hydroxyl groups is 1. The number of hydrogen-bond donors (Lipinski definition) is 14. The zero-order valence-corrected chi connectivity index (χ0v) is 42.9. The summed E-state index contributed by atoms with van der Waals surface area (Å²) in [5.74, 6) is -5.23. The number of phenols is 2. The minimum Gasteiger partial charge on any atom is -0.508 e. The van der Waals surface area contributed by atoms with E-state index in [0.717, 1.165) is 10.9 Å². The van der Waals surface area contributed by atoms with Crippen molar-refractivity contribution in [1.82, 2.24) is 36.9 Å². The Hall–Kier alpha value is -6.91. The number of aromatic amines is 1. The number of phenolic OH excluding ortho intramolecular Hbond substituents is 2. The molecule has 1 radical (unpaired) electrons. The average molecular weight is 1050 g/mol. The third kappa shape index (κ3) is 16.8. The van der Waals surface area contributed by atoms with Crippen LogP contribution in [0.1, 0.15) is 55.4 Å². The summed E-state index contributed by atoms with van der Waals surface area (Å²) in [6, 6.07) is 19.0. The number of rotatable bonds is 28. The highest BCUT2D eigenvalue weighted by Crippen LogP contribution is 2.22. The number of carbonyl (C=O) groups is 7. The molecule has 0 fully saturated rings. The molecule has 0 saturated carbocycles. The molecule has 8 atom stereocenters. The van der Waals surface area contributed by atoms with Gasteiger partial charge in [-0.3, -0.25) is 33.6 Å². The number of aromatic hydroxyl groups is 2. The molecule has 74 heavy (non-hydrogen) atoms. The zero-order valence-electron chi connectivity index (χ0n) is 41.1. The van der Waals surface area contributed by atoms with Gasteiger partial charge in [-0.1, -0.05) is 72.8 Å². The SMILES string of the molecule is C[C](C(=O)[C@@H](Cc1ccc(O)cc1)NC(=O)[C@@H](CS)NC(=O)[C@@H](NC(=O)C(CCCCN)NC(=O)[C@@H](Cc1c[nH]c2ccccc12)NC(=O)C(Cc1ccc(O)cc1)NC(=O)C(N)CS)[C@@H](C)O)c1ccccc1. The highest BCUT2D eigenvalue weighted by Gasteiger charge is 2.36. The maximum atomic E-state index is 14.6. The molecule has 1 aromatic heterocycles. The van der Waals surface area contributed by atoms with Crippen molar-refractivity contribution >= 4 is 77.4 Å². The van der Waals surface area contributed by atoms with E-state index in [1.165, 1.54) is 31.2 Å². The topological polar surface area (TPSA) is 320 Å². The fourth-order valence-electron chi connectivity index (χ4n) is 8.03. The Morgan fingerprint density at radius 2 is 1.08 bits per heavy atom. The predicted octanol–water partition coefficient (Wildman–Crippen LogP) is 1.42. The number of ketones is 1. The van der Waals surface area contributed by atoms with Crippen LogP contribution in [0.25, 0.3) is 10.9 Å². The van der Waals surface area contributed by atoms with Gasteiger partial charge in [0, 0.05) is 41.4 Å². The first-order valence-corrected chi connectivity index (χ1v) is 25.4. The molecule has 14 N–H and O–H groups in total. The lowest BCUT2D eigenvalue weighted by Gasteiger charge is -2.28. The molecule has 0 bridgehead atoms. The number of benzene rings is 4. The van der Waals surface area contributed by atoms with Gasteiger partial charge in [0.15, 0.2) is 5.78 Å². The molecule has 6 amide bonds. The van der Waals surface area contributed by atoms with Crippen molar-refractivity contribution in [2.45, 2.75) is 101 Å². The number of amides is 6. The quantitative estimate of drug-likeness (QED) is 0.0250. The Bertz CT molecular complexity index is 2670. The van der Waals surface area contributed by atoms with Crippen molar-refractivity contribution in [3.8, 4) is 11.5 Å². The van der Waals surface area contributed by atoms with E-state index in [1.807, 2.05) is 24.3 Å². The maximum Gasteiger partial charge on any atom is 0.245 e. The van der Waals surface area contributed by atoms with Gasteiger partial charge in [-0.05, 0) is 98.7 Å². The number of Topliss-reactive ketones (excluding diaryl/α,β-unsaturated/α-hetero) is 1. The molecule has 5 rings (SSSR count). The summed E-state index contributed by atoms with van der Waals surface area (Å²) < 4.78 is 0. The molecule has 3 unspecified atom stereocenters. The van der Waals surface area contributed by atoms with Crippen LogP contribution >= 0.6 is 25.3 Å². The summed E-state index contributed by atoms with van der Waals surface area (Å²) >= 11 is 8.43. The number of hydrogen-bond acceptors (Lipinski definition) is 14. The number of fused-ring (bicyclic) bond motifs is 1. The van der Waals surface area contributed by atoms with Gasteiger partial charge in [-0.25, -0.2) is 0 Å². The van der Waals surface area contributed by atoms with Gasteiger partial charge in [0.05, 0.1) is 24.1 Å². The Kier molecular flexibility index (Phi) is 22.3. The smallest absolute Gasteiger partial charge is 0.245 e. The molecule has 0 aliphatic rings. The van der Waals surface area contributed by atoms with Gasteiger partial charge in [0.1, 0.15) is 41.7 Å². The van der Waals surface area contributed by atoms with E-state index in [1.54, 1.807) is 67.7 Å². The largest absolute Gasteiger partial charge is 0.508 e. The molecule has 0 aliphatic carbocycles. The van der Waals surface area contributed by atoms with Crippen LogP contribution in [0.15, 0.2) is 109 Å². The molecule has 21 heteroatoms. The van der Waals surface area contributed by atoms with Crippen LogP contribution in [-0.2, 0) is 52.8 Å². The van der Waals surface area contributed by atoms with Crippen LogP contribution < -0.4 is 43.4 Å². The fraction of sp³-hybridized carbons (Fsp3) is 0.358. The Morgan fingerprint density at radius 3 is 1.66 bits per heavy atom. The number of unbranched alkanes of at least 4 members (excludes halogenated alkanes) is 1. The van der Waals surface area contributed by atoms with Crippen molar-refractivity contribution in [2.24, 2.45) is 11.5 Å². The third-order valence-corrected chi connectivity index (χ3v) is 13.1. The average Bonchev–Trinajstić information content (AvgIpc) is 3.81. The molecule has 1 heterocycles. The normalized spacial score (nSPS) is 14.5. The van der Waals surface area contributed by atoms with Crippen LogP contribution in [0.2, 0.25) is 0 Å². The number of para-hydroxylation sites is 1. The van der Waals surface area contributed by atoms with E-state index in [0.29, 0.717) is 41.0 Å². The highest BCUT2D eigenvalue weighted by atomic mass is 32.1. The number of nitrogens with one attached hydrogen (secondary N) is 7. The third-order valence-electron chi connectivity index (χ3n) is 12.3. The van der Waals surface area contributed by atoms with E-state index in [-0.39, 0.29) is 55.2 Å². The second-order valence-corrected chi connectivity index (χ2v) is 18.7. The van der Waals surface area contributed by atoms with Gasteiger partial charge >= 0.3 is 0 Å². The Morgan fingerprint density at radius 1 is 0.581 bits per heavy atom. The second kappa shape index (κ2) is 28.5. The van der Waals surface area contributed by atoms with Crippen molar-refractivity contribution in [3.63, 3.8) is 0 Å². The number of aliphatic hydroxyl groups excluding tert-OH is 1. The van der Waals surface area contributed by atoms with E-state index < -0.39 is 89.6 Å². The lowest BCUT2D eigenvalue weighted by atomic mass is 9.89. The molecule has 5 aromatic rings. The fourth-order valence-corrected chi connectivity index (χ4v) is 8.45. The summed E-state index contributed by atoms with van der Waals surface area (Å²) in [6.45, 7) is 3.14. The zero-order chi connectivity index (χ0) is 53.9. The monoisotopic (exact) mass is 1050 g/mol. The van der Waals surface area contributed by atoms with E-state index in [2.05, 4.69) is 62.1 Å². The van der Waals surface area contributed by atoms with Crippen LogP contribution in [-0.4, -0.2) is 128 Å². The van der Waals surface area contributed by atoms with Crippen LogP contribution in [0, 0.1) is 5.92 Å². The summed E-state index contributed by atoms with van der Waals surface area (Å²) in [6.07, 6.45) is 0.805. The summed E-state index contributed by atoms with van der Waals surface area (Å²) in [4.78, 5) is 101. The standard InChI is InChI=1S/C53H66N9O10S2/c1-30(34-10-4-3-5-11-34)47(66)42(24-32-15-19-36(64)20-16-32)58-52(71)45(29-74)61-53(72)46(31(2)63)62-49(68)41(14-8-9-23-54)57-51(70)44(26-35-27-56-40-13-7-6-12-38(35)40)60-50(69)43(59-48(67)39(55)28-73)25-33-17-21-37(65)22-18-33/h3-7,10-13,15-22,27,31,39,41-46,56,63-65,73-74H,8-9,14,23-26,28-29,54-55H2,1-2H3,(H,57,70)(H,58,71)(H,59,67)(H,60,69)(H,61,72)(H,62,68)/t31-,39?,41?,42-,43?,44-,45-,46+/m1/s1. The minimum atomic E-state index is -1.68. The van der Waals surface area contributed by atoms with Crippen molar-refractivity contribution in [2.75, 3.05) is 18.1 Å². The highest BCUT2D eigenvalue weighted by molar-refractivity contribution is 7.80. The second-order valence-electron chi connectivity index (χ2n) is 17.9. The number of aromatic nitrogens is 1. The first-order chi connectivity index (χ1) is 35.4. The molecular weight excluding hydrogens is 987 g/mol. The molecule has 0 saturated heterocycles. The van der Waals surface area contributed by atoms with Gasteiger partial charge in [0.25, 0.3) is 0 Å². The van der Waals surface area contributed by atoms with Gasteiger partial charge in [-0.15, -0.1) is 0 Å². The maximum absolute atomic E-state index is 14.6. The summed E-state index contributed by atoms with van der Waals surface area (Å²) in [5, 5.41) is 47.4. The van der Waals surface area contributed by atoms with Crippen LogP contribution in [0.4, 0.5) is 0 Å². The lowest BCUT2D eigenvalue weighted by Crippen LogP contribution is -2.62. The Labute approximate surface area is 440 Å². The first kappa shape index (κ1) is 58.0. The predicted molar refractivity (Wildman–Crippen MR) is 287 cm³/mol. The number of carbonyl (C=O) groups excluding carboxylic acids is 7. The van der Waals surface area contributed by atoms with Crippen molar-refractivity contribution in [1.29, 1.82) is 0 Å². The van der Waals surface area contributed by atoms with Gasteiger partial charge in [0.2, 0.25) is 35.4 Å². The first-order valence-electron chi connectivity index (χ1n) is 24.1. The molecule has 0 spiro atoms. The Balaban J connectivity index is 1.37. The van der Waals surface area contributed by atoms with Gasteiger partial charge < -0.3 is 63.7 Å². The van der Waals surface area contributed by atoms with Crippen molar-refractivity contribution < 1.29 is 48.9 Å².